The zero-order valence-electron chi connectivity index (χ0n) is 9.71. The average molecular weight is 370 g/mol. The quantitative estimate of drug-likeness (QED) is 0.493. The second kappa shape index (κ2) is 5.76. The van der Waals surface area contributed by atoms with E-state index in [2.05, 4.69) is 26.3 Å². The minimum atomic E-state index is -4.51. The van der Waals surface area contributed by atoms with E-state index in [0.717, 1.165) is 6.20 Å². The van der Waals surface area contributed by atoms with Crippen molar-refractivity contribution in [3.05, 3.63) is 50.1 Å². The number of alkyl halides is 3. The molecule has 0 saturated heterocycles. The van der Waals surface area contributed by atoms with Crippen LogP contribution in [-0.2, 0) is 6.18 Å². The van der Waals surface area contributed by atoms with Crippen LogP contribution in [0.1, 0.15) is 21.5 Å². The molecular weight excluding hydrogens is 362 g/mol. The molecule has 2 rings (SSSR count). The Morgan fingerprint density at radius 1 is 1.35 bits per heavy atom. The molecule has 3 nitrogen and oxygen atoms in total. The highest BCUT2D eigenvalue weighted by Gasteiger charge is 2.35. The topological polar surface area (TPSA) is 50.9 Å². The van der Waals surface area contributed by atoms with Crippen molar-refractivity contribution in [1.82, 2.24) is 10.4 Å². The number of rotatable bonds is 3. The molecule has 9 heteroatoms. The molecule has 0 radical (unpaired) electrons. The number of benzene rings is 1. The van der Waals surface area contributed by atoms with Gasteiger partial charge in [0.05, 0.1) is 10.5 Å². The molecule has 1 heterocycles. The van der Waals surface area contributed by atoms with Crippen LogP contribution in [0.25, 0.3) is 0 Å². The zero-order chi connectivity index (χ0) is 14.9. The number of nitrogens with one attached hydrogen (secondary N) is 1. The highest BCUT2D eigenvalue weighted by Crippen LogP contribution is 2.37. The van der Waals surface area contributed by atoms with Crippen molar-refractivity contribution >= 4 is 27.3 Å². The normalized spacial score (nSPS) is 13.5. The summed E-state index contributed by atoms with van der Waals surface area (Å²) in [6.07, 6.45) is -3.43. The van der Waals surface area contributed by atoms with Crippen LogP contribution < -0.4 is 11.3 Å². The molecule has 0 aliphatic heterocycles. The van der Waals surface area contributed by atoms with Crippen LogP contribution in [0, 0.1) is 5.82 Å². The third-order valence-electron chi connectivity index (χ3n) is 2.51. The van der Waals surface area contributed by atoms with Crippen molar-refractivity contribution in [2.75, 3.05) is 0 Å². The number of nitrogens with zero attached hydrogens (tertiary/aromatic N) is 1. The monoisotopic (exact) mass is 369 g/mol. The van der Waals surface area contributed by atoms with Gasteiger partial charge in [-0.2, -0.15) is 13.2 Å². The van der Waals surface area contributed by atoms with E-state index in [9.17, 15) is 17.6 Å². The SMILES string of the molecule is NNC(c1cnc(C(F)(F)F)s1)c1cccc(F)c1Br. The molecular formula is C11H8BrF4N3S. The van der Waals surface area contributed by atoms with Crippen molar-refractivity contribution in [2.24, 2.45) is 5.84 Å². The third-order valence-corrected chi connectivity index (χ3v) is 4.45. The van der Waals surface area contributed by atoms with Crippen LogP contribution in [-0.4, -0.2) is 4.98 Å². The number of thiazole rings is 1. The summed E-state index contributed by atoms with van der Waals surface area (Å²) in [6, 6.07) is 3.46. The molecule has 1 unspecified atom stereocenters. The molecule has 0 aliphatic rings. The minimum absolute atomic E-state index is 0.143. The molecule has 0 bridgehead atoms. The van der Waals surface area contributed by atoms with Gasteiger partial charge in [0, 0.05) is 11.1 Å². The molecule has 0 fully saturated rings. The molecule has 3 N–H and O–H groups in total. The number of halogens is 5. The van der Waals surface area contributed by atoms with Crippen LogP contribution in [0.3, 0.4) is 0 Å². The standard InChI is InChI=1S/C11H8BrF4N3S/c12-8-5(2-1-3-6(8)13)9(19-17)7-4-18-10(20-7)11(14,15)16/h1-4,9,19H,17H2. The van der Waals surface area contributed by atoms with E-state index in [4.69, 9.17) is 5.84 Å². The first-order valence-electron chi connectivity index (χ1n) is 5.27. The molecule has 2 aromatic rings. The van der Waals surface area contributed by atoms with Gasteiger partial charge in [0.15, 0.2) is 5.01 Å². The van der Waals surface area contributed by atoms with Crippen LogP contribution >= 0.6 is 27.3 Å². The summed E-state index contributed by atoms with van der Waals surface area (Å²) in [6.45, 7) is 0. The van der Waals surface area contributed by atoms with E-state index in [0.29, 0.717) is 16.9 Å². The fraction of sp³-hybridized carbons (Fsp3) is 0.182. The molecule has 0 amide bonds. The van der Waals surface area contributed by atoms with Crippen LogP contribution in [0.4, 0.5) is 17.6 Å². The molecule has 108 valence electrons. The van der Waals surface area contributed by atoms with Gasteiger partial charge in [0.25, 0.3) is 0 Å². The molecule has 0 spiro atoms. The van der Waals surface area contributed by atoms with Gasteiger partial charge < -0.3 is 0 Å². The zero-order valence-corrected chi connectivity index (χ0v) is 12.1. The summed E-state index contributed by atoms with van der Waals surface area (Å²) in [5, 5.41) is -0.972. The van der Waals surface area contributed by atoms with Gasteiger partial charge >= 0.3 is 6.18 Å². The van der Waals surface area contributed by atoms with Crippen molar-refractivity contribution < 1.29 is 17.6 Å². The number of hydrogen-bond acceptors (Lipinski definition) is 4. The molecule has 20 heavy (non-hydrogen) atoms. The lowest BCUT2D eigenvalue weighted by Gasteiger charge is -2.16. The second-order valence-corrected chi connectivity index (χ2v) is 5.66. The Morgan fingerprint density at radius 2 is 2.05 bits per heavy atom. The van der Waals surface area contributed by atoms with E-state index < -0.39 is 23.0 Å². The van der Waals surface area contributed by atoms with Crippen LogP contribution in [0.15, 0.2) is 28.9 Å². The van der Waals surface area contributed by atoms with Crippen LogP contribution in [0.5, 0.6) is 0 Å². The Kier molecular flexibility index (Phi) is 4.43. The van der Waals surface area contributed by atoms with E-state index in [1.165, 1.54) is 12.1 Å². The highest BCUT2D eigenvalue weighted by atomic mass is 79.9. The van der Waals surface area contributed by atoms with Gasteiger partial charge in [-0.05, 0) is 27.6 Å². The first-order chi connectivity index (χ1) is 9.34. The van der Waals surface area contributed by atoms with Gasteiger partial charge in [0.1, 0.15) is 5.82 Å². The summed E-state index contributed by atoms with van der Waals surface area (Å²) >= 11 is 3.52. The van der Waals surface area contributed by atoms with Crippen LogP contribution in [0.2, 0.25) is 0 Å². The van der Waals surface area contributed by atoms with Crippen molar-refractivity contribution in [1.29, 1.82) is 0 Å². The molecule has 1 aromatic carbocycles. The van der Waals surface area contributed by atoms with E-state index >= 15 is 0 Å². The first kappa shape index (κ1) is 15.4. The predicted octanol–water partition coefficient (Wildman–Crippen LogP) is 3.62. The second-order valence-electron chi connectivity index (χ2n) is 3.81. The van der Waals surface area contributed by atoms with Gasteiger partial charge in [-0.1, -0.05) is 12.1 Å². The number of hydrazine groups is 1. The van der Waals surface area contributed by atoms with Crippen molar-refractivity contribution in [3.8, 4) is 0 Å². The fourth-order valence-electron chi connectivity index (χ4n) is 1.62. The van der Waals surface area contributed by atoms with E-state index in [1.54, 1.807) is 6.07 Å². The Bertz CT molecular complexity index is 614. The lowest BCUT2D eigenvalue weighted by atomic mass is 10.1. The van der Waals surface area contributed by atoms with Gasteiger partial charge in [-0.25, -0.2) is 14.8 Å². The summed E-state index contributed by atoms with van der Waals surface area (Å²) in [7, 11) is 0. The molecule has 0 aliphatic carbocycles. The number of hydrogen-bond donors (Lipinski definition) is 2. The summed E-state index contributed by atoms with van der Waals surface area (Å²) in [5.41, 5.74) is 2.77. The Morgan fingerprint density at radius 3 is 2.60 bits per heavy atom. The maximum Gasteiger partial charge on any atom is 0.443 e. The Labute approximate surface area is 123 Å². The van der Waals surface area contributed by atoms with Gasteiger partial charge in [-0.15, -0.1) is 11.3 Å². The smallest absolute Gasteiger partial charge is 0.271 e. The molecule has 1 atom stereocenters. The maximum atomic E-state index is 13.5. The van der Waals surface area contributed by atoms with E-state index in [-0.39, 0.29) is 9.35 Å². The predicted molar refractivity (Wildman–Crippen MR) is 70.4 cm³/mol. The molecule has 0 saturated carbocycles. The fourth-order valence-corrected chi connectivity index (χ4v) is 2.98. The Hall–Kier alpha value is -1.03. The molecule has 1 aromatic heterocycles. The van der Waals surface area contributed by atoms with Gasteiger partial charge in [0.2, 0.25) is 0 Å². The lowest BCUT2D eigenvalue weighted by Crippen LogP contribution is -2.28. The lowest BCUT2D eigenvalue weighted by molar-refractivity contribution is -0.137. The maximum absolute atomic E-state index is 13.5. The summed E-state index contributed by atoms with van der Waals surface area (Å²) < 4.78 is 51.2. The number of aromatic nitrogens is 1. The largest absolute Gasteiger partial charge is 0.443 e. The number of nitrogens with two attached hydrogens (primary N) is 1. The third kappa shape index (κ3) is 3.00. The van der Waals surface area contributed by atoms with Crippen molar-refractivity contribution in [3.63, 3.8) is 0 Å². The minimum Gasteiger partial charge on any atom is -0.271 e. The van der Waals surface area contributed by atoms with E-state index in [1.807, 2.05) is 0 Å². The average Bonchev–Trinajstić information content (AvgIpc) is 2.85. The summed E-state index contributed by atoms with van der Waals surface area (Å²) in [4.78, 5) is 3.56. The summed E-state index contributed by atoms with van der Waals surface area (Å²) in [5.74, 6) is 4.85. The highest BCUT2D eigenvalue weighted by molar-refractivity contribution is 9.10. The first-order valence-corrected chi connectivity index (χ1v) is 6.88. The van der Waals surface area contributed by atoms with Crippen molar-refractivity contribution in [2.45, 2.75) is 12.2 Å². The van der Waals surface area contributed by atoms with Gasteiger partial charge in [-0.3, -0.25) is 5.84 Å². The Balaban J connectivity index is 2.43.